The van der Waals surface area contributed by atoms with Crippen LogP contribution in [0.15, 0.2) is 28.9 Å². The zero-order valence-electron chi connectivity index (χ0n) is 13.0. The van der Waals surface area contributed by atoms with Gasteiger partial charge < -0.3 is 14.7 Å². The van der Waals surface area contributed by atoms with E-state index in [1.165, 1.54) is 0 Å². The van der Waals surface area contributed by atoms with E-state index in [0.717, 1.165) is 37.4 Å². The van der Waals surface area contributed by atoms with Crippen LogP contribution in [0.5, 0.6) is 0 Å². The fourth-order valence-corrected chi connectivity index (χ4v) is 2.75. The molecular formula is C15H20N6O2. The third kappa shape index (κ3) is 4.04. The van der Waals surface area contributed by atoms with Crippen molar-refractivity contribution in [3.8, 4) is 0 Å². The number of hydrogen-bond acceptors (Lipinski definition) is 7. The van der Waals surface area contributed by atoms with Crippen LogP contribution < -0.4 is 15.5 Å². The number of rotatable bonds is 6. The van der Waals surface area contributed by atoms with E-state index in [2.05, 4.69) is 30.9 Å². The van der Waals surface area contributed by atoms with E-state index < -0.39 is 0 Å². The highest BCUT2D eigenvalue weighted by Gasteiger charge is 2.25. The molecule has 8 nitrogen and oxygen atoms in total. The third-order valence-electron chi connectivity index (χ3n) is 3.79. The molecule has 0 spiro atoms. The lowest BCUT2D eigenvalue weighted by atomic mass is 10.2. The van der Waals surface area contributed by atoms with Crippen molar-refractivity contribution in [1.82, 2.24) is 20.7 Å². The van der Waals surface area contributed by atoms with Gasteiger partial charge in [-0.2, -0.15) is 5.10 Å². The van der Waals surface area contributed by atoms with Crippen molar-refractivity contribution in [2.45, 2.75) is 25.8 Å². The number of anilines is 2. The highest BCUT2D eigenvalue weighted by molar-refractivity contribution is 5.90. The normalized spacial score (nSPS) is 17.4. The maximum atomic E-state index is 11.8. The van der Waals surface area contributed by atoms with Crippen LogP contribution in [0.2, 0.25) is 0 Å². The highest BCUT2D eigenvalue weighted by atomic mass is 16.5. The highest BCUT2D eigenvalue weighted by Crippen LogP contribution is 2.22. The second-order valence-corrected chi connectivity index (χ2v) is 5.58. The Hall–Kier alpha value is -2.48. The number of nitrogens with one attached hydrogen (secondary N) is 2. The molecule has 23 heavy (non-hydrogen) atoms. The number of aromatic nitrogens is 3. The Morgan fingerprint density at radius 2 is 2.43 bits per heavy atom. The van der Waals surface area contributed by atoms with Gasteiger partial charge >= 0.3 is 0 Å². The molecule has 1 amide bonds. The standard InChI is InChI=1S/C15H20N6O2/c1-11-8-15(23-20-11)18-14(22)10-16-9-12-4-3-7-21(12)13-5-2-6-17-19-13/h2,5-6,8,12,16H,3-4,7,9-10H2,1H3,(H,18,22). The quantitative estimate of drug-likeness (QED) is 0.819. The van der Waals surface area contributed by atoms with Crippen molar-refractivity contribution in [3.63, 3.8) is 0 Å². The van der Waals surface area contributed by atoms with Crippen LogP contribution in [0.3, 0.4) is 0 Å². The molecule has 1 saturated heterocycles. The van der Waals surface area contributed by atoms with Gasteiger partial charge in [0.15, 0.2) is 5.82 Å². The molecule has 3 heterocycles. The Kier molecular flexibility index (Phi) is 4.82. The van der Waals surface area contributed by atoms with Gasteiger partial charge in [-0.15, -0.1) is 5.10 Å². The summed E-state index contributed by atoms with van der Waals surface area (Å²) in [7, 11) is 0. The lowest BCUT2D eigenvalue weighted by Gasteiger charge is -2.25. The van der Waals surface area contributed by atoms with Gasteiger partial charge in [-0.25, -0.2) is 0 Å². The predicted molar refractivity (Wildman–Crippen MR) is 85.1 cm³/mol. The Morgan fingerprint density at radius 3 is 3.17 bits per heavy atom. The smallest absolute Gasteiger partial charge is 0.240 e. The summed E-state index contributed by atoms with van der Waals surface area (Å²) < 4.78 is 4.96. The molecule has 1 unspecified atom stereocenters. The van der Waals surface area contributed by atoms with E-state index in [9.17, 15) is 4.79 Å². The summed E-state index contributed by atoms with van der Waals surface area (Å²) >= 11 is 0. The number of amides is 1. The average Bonchev–Trinajstić information content (AvgIpc) is 3.17. The summed E-state index contributed by atoms with van der Waals surface area (Å²) in [6, 6.07) is 5.86. The Bertz CT molecular complexity index is 644. The molecule has 2 aromatic rings. The minimum Gasteiger partial charge on any atom is -0.351 e. The van der Waals surface area contributed by atoms with E-state index in [4.69, 9.17) is 4.52 Å². The van der Waals surface area contributed by atoms with E-state index in [1.54, 1.807) is 19.2 Å². The van der Waals surface area contributed by atoms with Crippen LogP contribution in [-0.4, -0.2) is 46.9 Å². The molecule has 1 aliphatic rings. The first-order valence-corrected chi connectivity index (χ1v) is 7.70. The number of carbonyl (C=O) groups excluding carboxylic acids is 1. The lowest BCUT2D eigenvalue weighted by molar-refractivity contribution is -0.115. The molecule has 1 atom stereocenters. The summed E-state index contributed by atoms with van der Waals surface area (Å²) in [6.07, 6.45) is 3.86. The van der Waals surface area contributed by atoms with Gasteiger partial charge in [0.2, 0.25) is 11.8 Å². The molecule has 0 radical (unpaired) electrons. The minimum atomic E-state index is -0.148. The number of hydrogen-bond donors (Lipinski definition) is 2. The van der Waals surface area contributed by atoms with Gasteiger partial charge in [-0.05, 0) is 31.9 Å². The van der Waals surface area contributed by atoms with Crippen molar-refractivity contribution in [2.75, 3.05) is 29.9 Å². The van der Waals surface area contributed by atoms with E-state index in [-0.39, 0.29) is 12.5 Å². The van der Waals surface area contributed by atoms with Crippen molar-refractivity contribution in [2.24, 2.45) is 0 Å². The topological polar surface area (TPSA) is 96.2 Å². The summed E-state index contributed by atoms with van der Waals surface area (Å²) in [5, 5.41) is 17.7. The fourth-order valence-electron chi connectivity index (χ4n) is 2.75. The minimum absolute atomic E-state index is 0.148. The van der Waals surface area contributed by atoms with Gasteiger partial charge in [-0.1, -0.05) is 5.16 Å². The van der Waals surface area contributed by atoms with Crippen molar-refractivity contribution in [1.29, 1.82) is 0 Å². The van der Waals surface area contributed by atoms with Crippen LogP contribution in [0.25, 0.3) is 0 Å². The van der Waals surface area contributed by atoms with E-state index in [0.29, 0.717) is 11.9 Å². The van der Waals surface area contributed by atoms with Crippen LogP contribution in [-0.2, 0) is 4.79 Å². The Balaban J connectivity index is 1.45. The molecule has 1 fully saturated rings. The second kappa shape index (κ2) is 7.19. The third-order valence-corrected chi connectivity index (χ3v) is 3.79. The van der Waals surface area contributed by atoms with Crippen LogP contribution >= 0.6 is 0 Å². The number of carbonyl (C=O) groups is 1. The van der Waals surface area contributed by atoms with Gasteiger partial charge in [0, 0.05) is 31.4 Å². The maximum Gasteiger partial charge on any atom is 0.240 e. The monoisotopic (exact) mass is 316 g/mol. The van der Waals surface area contributed by atoms with Crippen LogP contribution in [0.4, 0.5) is 11.7 Å². The molecule has 0 bridgehead atoms. The summed E-state index contributed by atoms with van der Waals surface area (Å²) in [4.78, 5) is 14.1. The van der Waals surface area contributed by atoms with Gasteiger partial charge in [0.1, 0.15) is 0 Å². The molecule has 0 aromatic carbocycles. The molecule has 122 valence electrons. The zero-order chi connectivity index (χ0) is 16.1. The van der Waals surface area contributed by atoms with Gasteiger partial charge in [0.05, 0.1) is 12.2 Å². The summed E-state index contributed by atoms with van der Waals surface area (Å²) in [5.41, 5.74) is 0.735. The molecule has 2 aromatic heterocycles. The van der Waals surface area contributed by atoms with Gasteiger partial charge in [0.25, 0.3) is 0 Å². The first kappa shape index (κ1) is 15.4. The zero-order valence-corrected chi connectivity index (χ0v) is 13.0. The molecule has 8 heteroatoms. The van der Waals surface area contributed by atoms with E-state index in [1.807, 2.05) is 12.1 Å². The largest absolute Gasteiger partial charge is 0.351 e. The summed E-state index contributed by atoms with van der Waals surface area (Å²) in [5.74, 6) is 1.11. The van der Waals surface area contributed by atoms with Crippen molar-refractivity contribution in [3.05, 3.63) is 30.1 Å². The Labute approximate surface area is 134 Å². The van der Waals surface area contributed by atoms with E-state index >= 15 is 0 Å². The molecule has 2 N–H and O–H groups in total. The maximum absolute atomic E-state index is 11.8. The average molecular weight is 316 g/mol. The Morgan fingerprint density at radius 1 is 1.52 bits per heavy atom. The first-order chi connectivity index (χ1) is 11.2. The van der Waals surface area contributed by atoms with Crippen LogP contribution in [0.1, 0.15) is 18.5 Å². The molecular weight excluding hydrogens is 296 g/mol. The number of nitrogens with zero attached hydrogens (tertiary/aromatic N) is 4. The number of aryl methyl sites for hydroxylation is 1. The molecule has 3 rings (SSSR count). The SMILES string of the molecule is Cc1cc(NC(=O)CNCC2CCCN2c2cccnn2)on1. The summed E-state index contributed by atoms with van der Waals surface area (Å²) in [6.45, 7) is 3.72. The second-order valence-electron chi connectivity index (χ2n) is 5.58. The van der Waals surface area contributed by atoms with Crippen molar-refractivity contribution >= 4 is 17.6 Å². The van der Waals surface area contributed by atoms with Gasteiger partial charge in [-0.3, -0.25) is 10.1 Å². The first-order valence-electron chi connectivity index (χ1n) is 7.70. The predicted octanol–water partition coefficient (Wildman–Crippen LogP) is 0.970. The fraction of sp³-hybridized carbons (Fsp3) is 0.467. The van der Waals surface area contributed by atoms with Crippen molar-refractivity contribution < 1.29 is 9.32 Å². The molecule has 0 saturated carbocycles. The molecule has 0 aliphatic carbocycles. The lowest BCUT2D eigenvalue weighted by Crippen LogP contribution is -2.41. The molecule has 1 aliphatic heterocycles. The van der Waals surface area contributed by atoms with Crippen LogP contribution in [0, 0.1) is 6.92 Å².